The molecule has 0 aliphatic rings. The number of carbonyl (C=O) groups excluding carboxylic acids is 1. The molecule has 110 valence electrons. The lowest BCUT2D eigenvalue weighted by Crippen LogP contribution is -2.11. The molecule has 3 aromatic rings. The van der Waals surface area contributed by atoms with Crippen LogP contribution in [0, 0.1) is 11.3 Å². The number of benzene rings is 1. The fraction of sp³-hybridized carbons (Fsp3) is 0.0714. The Labute approximate surface area is 133 Å². The molecule has 2 heterocycles. The summed E-state index contributed by atoms with van der Waals surface area (Å²) >= 11 is 3.36. The van der Waals surface area contributed by atoms with Crippen molar-refractivity contribution >= 4 is 38.5 Å². The van der Waals surface area contributed by atoms with Crippen molar-refractivity contribution in [1.82, 2.24) is 14.8 Å². The molecule has 0 bridgehead atoms. The number of carbonyl (C=O) groups is 1. The Morgan fingerprint density at radius 3 is 3.00 bits per heavy atom. The van der Waals surface area contributed by atoms with Gasteiger partial charge in [0.1, 0.15) is 10.7 Å². The minimum absolute atomic E-state index is 0.0951. The van der Waals surface area contributed by atoms with Crippen LogP contribution in [0.25, 0.3) is 16.6 Å². The molecule has 3 rings (SSSR count). The van der Waals surface area contributed by atoms with Gasteiger partial charge in [-0.15, -0.1) is 0 Å². The average molecular weight is 360 g/mol. The summed E-state index contributed by atoms with van der Waals surface area (Å²) in [5.41, 5.74) is 7.66. The second-order valence-corrected chi connectivity index (χ2v) is 5.31. The Hall–Kier alpha value is -2.79. The molecule has 8 heteroatoms. The molecule has 7 nitrogen and oxygen atoms in total. The van der Waals surface area contributed by atoms with E-state index in [2.05, 4.69) is 26.1 Å². The number of nitrogen functional groups attached to an aromatic ring is 1. The number of esters is 1. The Bertz CT molecular complexity index is 935. The third-order valence-electron chi connectivity index (χ3n) is 3.31. The van der Waals surface area contributed by atoms with E-state index in [1.807, 2.05) is 12.1 Å². The summed E-state index contributed by atoms with van der Waals surface area (Å²) in [6, 6.07) is 7.39. The lowest BCUT2D eigenvalue weighted by atomic mass is 10.2. The van der Waals surface area contributed by atoms with Gasteiger partial charge >= 0.3 is 5.97 Å². The quantitative estimate of drug-likeness (QED) is 0.682. The van der Waals surface area contributed by atoms with Crippen LogP contribution in [0.4, 0.5) is 5.69 Å². The van der Waals surface area contributed by atoms with E-state index in [-0.39, 0.29) is 16.9 Å². The molecule has 1 aromatic carbocycles. The average Bonchev–Trinajstić information content (AvgIpc) is 3.07. The van der Waals surface area contributed by atoms with E-state index < -0.39 is 5.97 Å². The monoisotopic (exact) mass is 359 g/mol. The summed E-state index contributed by atoms with van der Waals surface area (Å²) in [5, 5.41) is 17.0. The Balaban J connectivity index is 2.25. The summed E-state index contributed by atoms with van der Waals surface area (Å²) in [5.74, 6) is -0.609. The van der Waals surface area contributed by atoms with Crippen molar-refractivity contribution in [3.63, 3.8) is 0 Å². The number of nitrogens with zero attached hydrogens (tertiary/aromatic N) is 3. The van der Waals surface area contributed by atoms with Gasteiger partial charge in [0.15, 0.2) is 5.69 Å². The number of halogens is 1. The standard InChI is InChI=1S/C14H10BrN5O2/c1-22-14(21)12-11(17)7(5-16)6-20(12)8-2-3-9-10(4-8)18-19-13(9)15/h2-4,6H,17H2,1H3,(H,18,19). The Kier molecular flexibility index (Phi) is 3.35. The van der Waals surface area contributed by atoms with Crippen LogP contribution in [0.1, 0.15) is 16.1 Å². The zero-order valence-corrected chi connectivity index (χ0v) is 13.0. The molecule has 0 aliphatic carbocycles. The van der Waals surface area contributed by atoms with Crippen LogP contribution in [-0.4, -0.2) is 27.8 Å². The van der Waals surface area contributed by atoms with Gasteiger partial charge in [-0.25, -0.2) is 4.79 Å². The lowest BCUT2D eigenvalue weighted by Gasteiger charge is -2.08. The summed E-state index contributed by atoms with van der Waals surface area (Å²) in [6.07, 6.45) is 1.50. The molecular formula is C14H10BrN5O2. The highest BCUT2D eigenvalue weighted by Gasteiger charge is 2.22. The van der Waals surface area contributed by atoms with Crippen molar-refractivity contribution in [3.8, 4) is 11.8 Å². The van der Waals surface area contributed by atoms with Gasteiger partial charge in [0.05, 0.1) is 23.9 Å². The number of fused-ring (bicyclic) bond motifs is 1. The first-order valence-corrected chi connectivity index (χ1v) is 6.99. The van der Waals surface area contributed by atoms with Gasteiger partial charge in [-0.2, -0.15) is 10.4 Å². The first kappa shape index (κ1) is 14.2. The fourth-order valence-corrected chi connectivity index (χ4v) is 2.66. The number of aromatic amines is 1. The molecule has 0 amide bonds. The van der Waals surface area contributed by atoms with Crippen LogP contribution < -0.4 is 5.73 Å². The Morgan fingerprint density at radius 1 is 1.55 bits per heavy atom. The number of rotatable bonds is 2. The van der Waals surface area contributed by atoms with E-state index in [1.165, 1.54) is 17.9 Å². The number of anilines is 1. The molecule has 0 unspecified atom stereocenters. The number of ether oxygens (including phenoxy) is 1. The van der Waals surface area contributed by atoms with Crippen molar-refractivity contribution < 1.29 is 9.53 Å². The molecular weight excluding hydrogens is 350 g/mol. The second kappa shape index (κ2) is 5.20. The number of nitrogens with two attached hydrogens (primary N) is 1. The van der Waals surface area contributed by atoms with E-state index in [9.17, 15) is 4.79 Å². The molecule has 3 N–H and O–H groups in total. The zero-order chi connectivity index (χ0) is 15.9. The number of methoxy groups -OCH3 is 1. The van der Waals surface area contributed by atoms with Gasteiger partial charge in [-0.3, -0.25) is 5.10 Å². The lowest BCUT2D eigenvalue weighted by molar-refractivity contribution is 0.0593. The molecule has 0 atom stereocenters. The van der Waals surface area contributed by atoms with Crippen LogP contribution in [-0.2, 0) is 4.74 Å². The van der Waals surface area contributed by atoms with E-state index >= 15 is 0 Å². The van der Waals surface area contributed by atoms with Crippen molar-refractivity contribution in [2.75, 3.05) is 12.8 Å². The van der Waals surface area contributed by atoms with Gasteiger partial charge in [0.2, 0.25) is 0 Å². The maximum atomic E-state index is 12.0. The Morgan fingerprint density at radius 2 is 2.32 bits per heavy atom. The highest BCUT2D eigenvalue weighted by atomic mass is 79.9. The molecule has 0 spiro atoms. The topological polar surface area (TPSA) is 110 Å². The van der Waals surface area contributed by atoms with Gasteiger partial charge in [-0.05, 0) is 34.1 Å². The molecule has 0 aliphatic heterocycles. The summed E-state index contributed by atoms with van der Waals surface area (Å²) in [6.45, 7) is 0. The minimum atomic E-state index is -0.609. The van der Waals surface area contributed by atoms with E-state index in [1.54, 1.807) is 12.1 Å². The number of nitrogens with one attached hydrogen (secondary N) is 1. The molecule has 2 aromatic heterocycles. The van der Waals surface area contributed by atoms with Gasteiger partial charge < -0.3 is 15.0 Å². The largest absolute Gasteiger partial charge is 0.464 e. The van der Waals surface area contributed by atoms with Crippen LogP contribution in [0.15, 0.2) is 29.0 Å². The summed E-state index contributed by atoms with van der Waals surface area (Å²) < 4.78 is 7.05. The van der Waals surface area contributed by atoms with Gasteiger partial charge in [0, 0.05) is 17.3 Å². The third kappa shape index (κ3) is 2.03. The van der Waals surface area contributed by atoms with Crippen molar-refractivity contribution in [1.29, 1.82) is 5.26 Å². The smallest absolute Gasteiger partial charge is 0.357 e. The van der Waals surface area contributed by atoms with Crippen LogP contribution in [0.3, 0.4) is 0 Å². The fourth-order valence-electron chi connectivity index (χ4n) is 2.24. The van der Waals surface area contributed by atoms with Crippen molar-refractivity contribution in [3.05, 3.63) is 40.3 Å². The molecule has 0 fully saturated rings. The summed E-state index contributed by atoms with van der Waals surface area (Å²) in [4.78, 5) is 12.0. The number of aromatic nitrogens is 3. The molecule has 0 saturated heterocycles. The van der Waals surface area contributed by atoms with Gasteiger partial charge in [0.25, 0.3) is 0 Å². The normalized spacial score (nSPS) is 10.6. The second-order valence-electron chi connectivity index (χ2n) is 4.52. The van der Waals surface area contributed by atoms with E-state index in [4.69, 9.17) is 15.7 Å². The maximum Gasteiger partial charge on any atom is 0.357 e. The maximum absolute atomic E-state index is 12.0. The van der Waals surface area contributed by atoms with Crippen molar-refractivity contribution in [2.45, 2.75) is 0 Å². The molecule has 0 saturated carbocycles. The number of H-pyrrole nitrogens is 1. The van der Waals surface area contributed by atoms with Crippen molar-refractivity contribution in [2.24, 2.45) is 0 Å². The molecule has 22 heavy (non-hydrogen) atoms. The molecule has 0 radical (unpaired) electrons. The van der Waals surface area contributed by atoms with E-state index in [0.29, 0.717) is 11.2 Å². The highest BCUT2D eigenvalue weighted by molar-refractivity contribution is 9.10. The van der Waals surface area contributed by atoms with E-state index in [0.717, 1.165) is 9.99 Å². The first-order chi connectivity index (χ1) is 10.6. The number of hydrogen-bond acceptors (Lipinski definition) is 5. The number of hydrogen-bond donors (Lipinski definition) is 2. The van der Waals surface area contributed by atoms with Crippen LogP contribution in [0.5, 0.6) is 0 Å². The van der Waals surface area contributed by atoms with Gasteiger partial charge in [-0.1, -0.05) is 0 Å². The first-order valence-electron chi connectivity index (χ1n) is 6.20. The zero-order valence-electron chi connectivity index (χ0n) is 11.4. The van der Waals surface area contributed by atoms with Crippen LogP contribution >= 0.6 is 15.9 Å². The predicted molar refractivity (Wildman–Crippen MR) is 83.6 cm³/mol. The highest BCUT2D eigenvalue weighted by Crippen LogP contribution is 2.28. The minimum Gasteiger partial charge on any atom is -0.464 e. The van der Waals surface area contributed by atoms with Crippen LogP contribution in [0.2, 0.25) is 0 Å². The predicted octanol–water partition coefficient (Wildman–Crippen LogP) is 2.36. The SMILES string of the molecule is COC(=O)c1c(N)c(C#N)cn1-c1ccc2c(Br)[nH]nc2c1. The number of nitriles is 1. The third-order valence-corrected chi connectivity index (χ3v) is 3.92. The summed E-state index contributed by atoms with van der Waals surface area (Å²) in [7, 11) is 1.26.